The summed E-state index contributed by atoms with van der Waals surface area (Å²) in [5.74, 6) is 9.61. The molecule has 1 saturated heterocycles. The minimum absolute atomic E-state index is 0.159. The number of hydrogen-bond donors (Lipinski definition) is 1. The molecule has 2 aliphatic heterocycles. The summed E-state index contributed by atoms with van der Waals surface area (Å²) in [6.45, 7) is 15.3. The first kappa shape index (κ1) is 31.3. The number of carbonyl (C=O) groups is 1. The van der Waals surface area contributed by atoms with Crippen LogP contribution in [0, 0.1) is 29.6 Å². The molecular weight excluding hydrogens is 486 g/mol. The van der Waals surface area contributed by atoms with E-state index < -0.39 is 16.3 Å². The molecular formula is C30H49NO5S. The zero-order valence-electron chi connectivity index (χ0n) is 24.6. The van der Waals surface area contributed by atoms with E-state index in [1.165, 1.54) is 17.5 Å². The third-order valence-electron chi connectivity index (χ3n) is 7.59. The fourth-order valence-corrected chi connectivity index (χ4v) is 5.69. The Morgan fingerprint density at radius 1 is 1.19 bits per heavy atom. The largest absolute Gasteiger partial charge is 0.493 e. The number of benzene rings is 1. The second-order valence-corrected chi connectivity index (χ2v) is 15.8. The lowest BCUT2D eigenvalue weighted by molar-refractivity contribution is -0.134. The first-order valence-electron chi connectivity index (χ1n) is 13.2. The predicted octanol–water partition coefficient (Wildman–Crippen LogP) is 6.17. The Kier molecular flexibility index (Phi) is 11.2. The summed E-state index contributed by atoms with van der Waals surface area (Å²) < 4.78 is 17.6. The summed E-state index contributed by atoms with van der Waals surface area (Å²) in [6.07, 6.45) is 7.85. The molecule has 3 atom stereocenters. The van der Waals surface area contributed by atoms with Crippen molar-refractivity contribution in [2.75, 3.05) is 46.4 Å². The minimum atomic E-state index is -1.14. The normalized spacial score (nSPS) is 22.0. The van der Waals surface area contributed by atoms with Crippen LogP contribution in [0.15, 0.2) is 12.1 Å². The van der Waals surface area contributed by atoms with Crippen LogP contribution in [0.2, 0.25) is 0 Å². The average molecular weight is 536 g/mol. The van der Waals surface area contributed by atoms with Gasteiger partial charge in [-0.3, -0.25) is 9.69 Å². The van der Waals surface area contributed by atoms with Crippen molar-refractivity contribution in [2.45, 2.75) is 71.6 Å². The zero-order valence-corrected chi connectivity index (χ0v) is 25.5. The van der Waals surface area contributed by atoms with Gasteiger partial charge in [0.2, 0.25) is 0 Å². The Balaban J connectivity index is 0.00000112. The van der Waals surface area contributed by atoms with E-state index in [0.717, 1.165) is 44.4 Å². The molecule has 0 radical (unpaired) electrons. The van der Waals surface area contributed by atoms with E-state index in [1.807, 2.05) is 0 Å². The maximum atomic E-state index is 9.00. The van der Waals surface area contributed by atoms with Gasteiger partial charge < -0.3 is 18.8 Å². The molecule has 0 amide bonds. The van der Waals surface area contributed by atoms with Crippen LogP contribution in [-0.2, 0) is 15.4 Å². The lowest BCUT2D eigenvalue weighted by Crippen LogP contribution is -2.46. The van der Waals surface area contributed by atoms with E-state index in [4.69, 9.17) is 23.6 Å². The Morgan fingerprint density at radius 2 is 1.78 bits per heavy atom. The van der Waals surface area contributed by atoms with E-state index in [9.17, 15) is 0 Å². The molecule has 0 spiro atoms. The van der Waals surface area contributed by atoms with Gasteiger partial charge in [-0.25, -0.2) is 0 Å². The van der Waals surface area contributed by atoms with E-state index in [2.05, 4.69) is 76.0 Å². The monoisotopic (exact) mass is 535 g/mol. The number of rotatable bonds is 6. The molecule has 210 valence electrons. The second-order valence-electron chi connectivity index (χ2n) is 11.8. The Morgan fingerprint density at radius 3 is 2.32 bits per heavy atom. The van der Waals surface area contributed by atoms with E-state index in [-0.39, 0.29) is 4.75 Å². The predicted molar refractivity (Wildman–Crippen MR) is 155 cm³/mol. The van der Waals surface area contributed by atoms with E-state index in [0.29, 0.717) is 30.4 Å². The fourth-order valence-electron chi connectivity index (χ4n) is 4.98. The number of aliphatic carboxylic acids is 1. The molecule has 1 aromatic rings. The summed E-state index contributed by atoms with van der Waals surface area (Å²) >= 11 is 0. The molecule has 37 heavy (non-hydrogen) atoms. The third-order valence-corrected chi connectivity index (χ3v) is 11.2. The second kappa shape index (κ2) is 13.3. The van der Waals surface area contributed by atoms with Gasteiger partial charge in [-0.15, -0.1) is 10.3 Å². The van der Waals surface area contributed by atoms with Crippen LogP contribution in [0.4, 0.5) is 0 Å². The molecule has 2 aliphatic rings. The van der Waals surface area contributed by atoms with Crippen LogP contribution in [0.25, 0.3) is 0 Å². The van der Waals surface area contributed by atoms with Crippen LogP contribution < -0.4 is 9.47 Å². The summed E-state index contributed by atoms with van der Waals surface area (Å²) in [5.41, 5.74) is 2.78. The Bertz CT molecular complexity index is 969. The highest BCUT2D eigenvalue weighted by atomic mass is 32.3. The van der Waals surface area contributed by atoms with Crippen molar-refractivity contribution < 1.29 is 23.6 Å². The molecule has 1 fully saturated rings. The SMILES string of the molecule is CC(=O)O.COc1cc2c(cc1OC)C1CC(C#CCOS(C)(C)C(C)(C)C)C(CC(C)C)CN1CC2. The molecule has 3 unspecified atom stereocenters. The molecule has 3 rings (SSSR count). The first-order chi connectivity index (χ1) is 17.2. The van der Waals surface area contributed by atoms with Crippen LogP contribution in [-0.4, -0.2) is 67.2 Å². The molecule has 0 aromatic heterocycles. The van der Waals surface area contributed by atoms with Gasteiger partial charge >= 0.3 is 0 Å². The highest BCUT2D eigenvalue weighted by Gasteiger charge is 2.39. The Hall–Kier alpha value is -1.88. The topological polar surface area (TPSA) is 68.2 Å². The Labute approximate surface area is 227 Å². The number of methoxy groups -OCH3 is 2. The van der Waals surface area contributed by atoms with Crippen molar-refractivity contribution in [3.63, 3.8) is 0 Å². The summed E-state index contributed by atoms with van der Waals surface area (Å²) in [4.78, 5) is 11.7. The van der Waals surface area contributed by atoms with Gasteiger partial charge in [0.1, 0.15) is 6.61 Å². The lowest BCUT2D eigenvalue weighted by atomic mass is 9.74. The third kappa shape index (κ3) is 8.56. The van der Waals surface area contributed by atoms with Crippen LogP contribution in [0.5, 0.6) is 11.5 Å². The molecule has 0 saturated carbocycles. The highest BCUT2D eigenvalue weighted by molar-refractivity contribution is 8.29. The van der Waals surface area contributed by atoms with Gasteiger partial charge in [0, 0.05) is 36.7 Å². The van der Waals surface area contributed by atoms with Crippen molar-refractivity contribution in [1.82, 2.24) is 4.90 Å². The van der Waals surface area contributed by atoms with E-state index in [1.54, 1.807) is 14.2 Å². The molecule has 7 heteroatoms. The molecule has 2 heterocycles. The number of piperidine rings is 1. The van der Waals surface area contributed by atoms with Crippen molar-refractivity contribution in [3.05, 3.63) is 23.3 Å². The number of fused-ring (bicyclic) bond motifs is 3. The number of carboxylic acid groups (broad SMARTS) is 1. The van der Waals surface area contributed by atoms with Gasteiger partial charge in [-0.05, 0) is 66.9 Å². The van der Waals surface area contributed by atoms with Gasteiger partial charge in [0.25, 0.3) is 5.97 Å². The summed E-state index contributed by atoms with van der Waals surface area (Å²) in [5, 5.41) is 7.42. The lowest BCUT2D eigenvalue weighted by Gasteiger charge is -2.46. The number of ether oxygens (including phenoxy) is 2. The number of hydrogen-bond acceptors (Lipinski definition) is 5. The zero-order chi connectivity index (χ0) is 28.0. The van der Waals surface area contributed by atoms with Gasteiger partial charge in [0.15, 0.2) is 11.5 Å². The van der Waals surface area contributed by atoms with Crippen LogP contribution in [0.3, 0.4) is 0 Å². The molecule has 6 nitrogen and oxygen atoms in total. The molecule has 1 aromatic carbocycles. The first-order valence-corrected chi connectivity index (χ1v) is 15.6. The summed E-state index contributed by atoms with van der Waals surface area (Å²) in [6, 6.07) is 4.78. The smallest absolute Gasteiger partial charge is 0.300 e. The molecule has 1 N–H and O–H groups in total. The van der Waals surface area contributed by atoms with Crippen molar-refractivity contribution in [2.24, 2.45) is 17.8 Å². The van der Waals surface area contributed by atoms with Crippen molar-refractivity contribution in [1.29, 1.82) is 0 Å². The van der Waals surface area contributed by atoms with E-state index >= 15 is 0 Å². The van der Waals surface area contributed by atoms with Gasteiger partial charge in [0.05, 0.1) is 14.2 Å². The van der Waals surface area contributed by atoms with Crippen molar-refractivity contribution >= 4 is 16.3 Å². The number of nitrogens with zero attached hydrogens (tertiary/aromatic N) is 1. The van der Waals surface area contributed by atoms with Crippen LogP contribution >= 0.6 is 10.3 Å². The fraction of sp³-hybridized carbons (Fsp3) is 0.700. The van der Waals surface area contributed by atoms with Gasteiger partial charge in [-0.1, -0.05) is 46.5 Å². The molecule has 0 bridgehead atoms. The highest BCUT2D eigenvalue weighted by Crippen LogP contribution is 2.53. The molecule has 0 aliphatic carbocycles. The number of carboxylic acids is 1. The van der Waals surface area contributed by atoms with Crippen molar-refractivity contribution in [3.8, 4) is 23.3 Å². The van der Waals surface area contributed by atoms with Gasteiger partial charge in [-0.2, -0.15) is 0 Å². The maximum Gasteiger partial charge on any atom is 0.300 e. The standard InChI is InChI=1S/C28H45NO3S.C2H4O2/c1-20(2)15-23-19-29-13-12-22-17-26(30-6)27(31-7)18-24(22)25(29)16-21(23)11-10-14-32-33(8,9)28(3,4)5;1-2(3)4/h17-18,20-21,23,25H,12-16,19H2,1-9H3;1H3,(H,3,4). The quantitative estimate of drug-likeness (QED) is 0.439. The minimum Gasteiger partial charge on any atom is -0.493 e. The summed E-state index contributed by atoms with van der Waals surface area (Å²) in [7, 11) is 2.29. The average Bonchev–Trinajstić information content (AvgIpc) is 2.79. The van der Waals surface area contributed by atoms with Crippen LogP contribution in [0.1, 0.15) is 71.6 Å². The maximum absolute atomic E-state index is 9.00.